The van der Waals surface area contributed by atoms with Crippen molar-refractivity contribution in [2.75, 3.05) is 0 Å². The predicted octanol–water partition coefficient (Wildman–Crippen LogP) is 2.33. The van der Waals surface area contributed by atoms with Gasteiger partial charge in [0.05, 0.1) is 34.3 Å². The van der Waals surface area contributed by atoms with E-state index in [2.05, 4.69) is 4.98 Å². The summed E-state index contributed by atoms with van der Waals surface area (Å²) in [6.07, 6.45) is 0.0178. The molecule has 2 bridgehead atoms. The molecule has 3 aliphatic rings. The van der Waals surface area contributed by atoms with Crippen molar-refractivity contribution in [2.24, 2.45) is 0 Å². The van der Waals surface area contributed by atoms with Crippen molar-refractivity contribution in [3.8, 4) is 5.75 Å². The first-order chi connectivity index (χ1) is 18.1. The van der Waals surface area contributed by atoms with Crippen LogP contribution in [0.4, 0.5) is 13.2 Å². The summed E-state index contributed by atoms with van der Waals surface area (Å²) in [5.41, 5.74) is -0.778. The Kier molecular flexibility index (Phi) is 5.52. The highest BCUT2D eigenvalue weighted by Crippen LogP contribution is 2.51. The molecule has 3 aliphatic heterocycles. The lowest BCUT2D eigenvalue weighted by Gasteiger charge is -2.37. The molecule has 0 aliphatic carbocycles. The van der Waals surface area contributed by atoms with Crippen LogP contribution in [0.3, 0.4) is 0 Å². The summed E-state index contributed by atoms with van der Waals surface area (Å²) in [4.78, 5) is 18.6. The molecule has 2 N–H and O–H groups in total. The number of aliphatic hydroxyl groups is 2. The Bertz CT molecular complexity index is 1510. The Morgan fingerprint density at radius 3 is 2.46 bits per heavy atom. The molecule has 9 nitrogen and oxygen atoms in total. The van der Waals surface area contributed by atoms with E-state index in [0.29, 0.717) is 10.4 Å². The summed E-state index contributed by atoms with van der Waals surface area (Å²) in [5, 5.41) is 20.8. The SMILES string of the molecule is [B]C(O)(O)N1C(=O)c2cccc(OC(F)F)c2[C@H]2CC1c1nc3cc(F)c(B4OC(C)(C)C(C)(C)O4)cc3n12. The molecule has 4 heterocycles. The standard InChI is InChI=1S/C25H24B2F3N3O6/c1-23(2)24(3,4)39-27(38-23)12-8-15-14(9-13(12)28)31-20-17-10-16(32(15)20)19-11(21(34)33(17)25(26,35)36)6-5-7-18(19)37-22(29)30/h5-9,16-17,22,35-36H,10H2,1-4H3/t16-,17?/m1/s1. The number of nitrogens with zero attached hydrogens (tertiary/aromatic N) is 3. The minimum absolute atomic E-state index is 0.0178. The highest BCUT2D eigenvalue weighted by molar-refractivity contribution is 6.62. The van der Waals surface area contributed by atoms with Crippen LogP contribution in [-0.2, 0) is 9.31 Å². The van der Waals surface area contributed by atoms with Crippen molar-refractivity contribution < 1.29 is 42.2 Å². The number of alkyl halides is 2. The minimum atomic E-state index is -3.18. The molecule has 6 rings (SSSR count). The maximum absolute atomic E-state index is 15.4. The number of fused-ring (bicyclic) bond motifs is 9. The van der Waals surface area contributed by atoms with E-state index in [4.69, 9.17) is 21.9 Å². The van der Waals surface area contributed by atoms with Gasteiger partial charge in [0, 0.05) is 29.1 Å². The first-order valence-electron chi connectivity index (χ1n) is 12.3. The third-order valence-corrected chi connectivity index (χ3v) is 8.13. The van der Waals surface area contributed by atoms with Crippen molar-refractivity contribution in [2.45, 2.75) is 69.8 Å². The molecule has 202 valence electrons. The quantitative estimate of drug-likeness (QED) is 0.386. The number of halogens is 3. The monoisotopic (exact) mass is 541 g/mol. The van der Waals surface area contributed by atoms with Crippen molar-refractivity contribution in [1.29, 1.82) is 0 Å². The molecule has 2 atom stereocenters. The summed E-state index contributed by atoms with van der Waals surface area (Å²) < 4.78 is 60.7. The number of aromatic nitrogens is 2. The van der Waals surface area contributed by atoms with Gasteiger partial charge in [-0.2, -0.15) is 8.78 Å². The molecule has 39 heavy (non-hydrogen) atoms. The maximum Gasteiger partial charge on any atom is 0.497 e. The van der Waals surface area contributed by atoms with Gasteiger partial charge in [-0.25, -0.2) is 9.37 Å². The van der Waals surface area contributed by atoms with Crippen LogP contribution < -0.4 is 10.2 Å². The third-order valence-electron chi connectivity index (χ3n) is 8.13. The zero-order valence-electron chi connectivity index (χ0n) is 21.5. The Morgan fingerprint density at radius 2 is 1.85 bits per heavy atom. The van der Waals surface area contributed by atoms with Crippen molar-refractivity contribution in [3.63, 3.8) is 0 Å². The van der Waals surface area contributed by atoms with E-state index in [0.717, 1.165) is 0 Å². The number of hydrogen-bond acceptors (Lipinski definition) is 7. The summed E-state index contributed by atoms with van der Waals surface area (Å²) in [5.74, 6) is -4.76. The highest BCUT2D eigenvalue weighted by Gasteiger charge is 2.54. The Balaban J connectivity index is 1.59. The lowest BCUT2D eigenvalue weighted by Crippen LogP contribution is -2.53. The number of rotatable bonds is 4. The zero-order chi connectivity index (χ0) is 28.2. The van der Waals surface area contributed by atoms with Crippen LogP contribution in [0.2, 0.25) is 0 Å². The van der Waals surface area contributed by atoms with Gasteiger partial charge in [0.2, 0.25) is 0 Å². The summed E-state index contributed by atoms with van der Waals surface area (Å²) in [6.45, 7) is 4.16. The van der Waals surface area contributed by atoms with Gasteiger partial charge < -0.3 is 28.8 Å². The fourth-order valence-electron chi connectivity index (χ4n) is 5.68. The largest absolute Gasteiger partial charge is 0.497 e. The molecule has 0 saturated carbocycles. The summed E-state index contributed by atoms with van der Waals surface area (Å²) in [7, 11) is 4.56. The molecule has 1 fully saturated rings. The van der Waals surface area contributed by atoms with Crippen LogP contribution in [0.15, 0.2) is 30.3 Å². The van der Waals surface area contributed by atoms with Crippen LogP contribution in [0, 0.1) is 5.82 Å². The fourth-order valence-corrected chi connectivity index (χ4v) is 5.68. The molecule has 1 saturated heterocycles. The zero-order valence-corrected chi connectivity index (χ0v) is 21.5. The molecule has 1 unspecified atom stereocenters. The molecule has 2 aromatic carbocycles. The van der Waals surface area contributed by atoms with Crippen molar-refractivity contribution in [1.82, 2.24) is 14.5 Å². The molecule has 2 radical (unpaired) electrons. The van der Waals surface area contributed by atoms with Gasteiger partial charge in [-0.1, -0.05) is 6.07 Å². The third kappa shape index (κ3) is 3.80. The second-order valence-corrected chi connectivity index (χ2v) is 11.0. The van der Waals surface area contributed by atoms with Gasteiger partial charge in [-0.15, -0.1) is 0 Å². The average molecular weight is 541 g/mol. The van der Waals surface area contributed by atoms with Gasteiger partial charge in [0.15, 0.2) is 13.7 Å². The predicted molar refractivity (Wildman–Crippen MR) is 133 cm³/mol. The van der Waals surface area contributed by atoms with Crippen LogP contribution in [0.1, 0.15) is 67.9 Å². The van der Waals surface area contributed by atoms with Crippen LogP contribution >= 0.6 is 0 Å². The van der Waals surface area contributed by atoms with Crippen LogP contribution in [0.5, 0.6) is 5.75 Å². The van der Waals surface area contributed by atoms with E-state index in [1.54, 1.807) is 4.57 Å². The van der Waals surface area contributed by atoms with E-state index in [1.807, 2.05) is 27.7 Å². The summed E-state index contributed by atoms with van der Waals surface area (Å²) in [6, 6.07) is 4.81. The molecule has 14 heteroatoms. The molecular weight excluding hydrogens is 517 g/mol. The topological polar surface area (TPSA) is 106 Å². The Labute approximate surface area is 223 Å². The van der Waals surface area contributed by atoms with Crippen LogP contribution in [-0.4, -0.2) is 69.2 Å². The second kappa shape index (κ2) is 8.23. The highest BCUT2D eigenvalue weighted by atomic mass is 19.3. The number of amides is 1. The van der Waals surface area contributed by atoms with Crippen molar-refractivity contribution >= 4 is 37.4 Å². The number of carbonyl (C=O) groups excluding carboxylic acids is 1. The molecule has 0 spiro atoms. The lowest BCUT2D eigenvalue weighted by molar-refractivity contribution is -0.190. The Morgan fingerprint density at radius 1 is 1.18 bits per heavy atom. The van der Waals surface area contributed by atoms with E-state index < -0.39 is 54.6 Å². The van der Waals surface area contributed by atoms with Gasteiger partial charge in [-0.3, -0.25) is 9.69 Å². The van der Waals surface area contributed by atoms with Gasteiger partial charge in [-0.05, 0) is 45.9 Å². The van der Waals surface area contributed by atoms with Crippen molar-refractivity contribution in [3.05, 3.63) is 53.1 Å². The molecular formula is C25H24B2F3N3O6. The first-order valence-corrected chi connectivity index (χ1v) is 12.3. The van der Waals surface area contributed by atoms with E-state index in [9.17, 15) is 23.8 Å². The minimum Gasteiger partial charge on any atom is -0.434 e. The smallest absolute Gasteiger partial charge is 0.434 e. The lowest BCUT2D eigenvalue weighted by atomic mass is 9.78. The molecule has 3 aromatic rings. The summed E-state index contributed by atoms with van der Waals surface area (Å²) >= 11 is 0. The molecule has 1 amide bonds. The number of imidazole rings is 1. The average Bonchev–Trinajstić information content (AvgIpc) is 3.36. The number of benzene rings is 2. The number of carbonyl (C=O) groups is 1. The van der Waals surface area contributed by atoms with E-state index >= 15 is 4.39 Å². The van der Waals surface area contributed by atoms with E-state index in [1.165, 1.54) is 30.3 Å². The number of ether oxygens (including phenoxy) is 1. The van der Waals surface area contributed by atoms with Gasteiger partial charge in [0.1, 0.15) is 17.4 Å². The first kappa shape index (κ1) is 26.2. The van der Waals surface area contributed by atoms with Gasteiger partial charge in [0.25, 0.3) is 5.91 Å². The normalized spacial score (nSPS) is 23.4. The van der Waals surface area contributed by atoms with Gasteiger partial charge >= 0.3 is 13.7 Å². The van der Waals surface area contributed by atoms with Crippen LogP contribution in [0.25, 0.3) is 11.0 Å². The molecule has 1 aromatic heterocycles. The number of hydrogen-bond donors (Lipinski definition) is 2. The second-order valence-electron chi connectivity index (χ2n) is 11.0. The fraction of sp³-hybridized carbons (Fsp3) is 0.440. The maximum atomic E-state index is 15.4. The Hall–Kier alpha value is -3.06. The van der Waals surface area contributed by atoms with E-state index in [-0.39, 0.29) is 40.1 Å².